The highest BCUT2D eigenvalue weighted by atomic mass is 16.5. The van der Waals surface area contributed by atoms with Gasteiger partial charge in [-0.1, -0.05) is 55.1 Å². The smallest absolute Gasteiger partial charge is 0.121 e. The number of rotatable bonds is 6. The maximum atomic E-state index is 6.44. The first-order chi connectivity index (χ1) is 12.7. The first-order valence-electron chi connectivity index (χ1n) is 8.99. The zero-order chi connectivity index (χ0) is 18.4. The Balaban J connectivity index is 1.72. The summed E-state index contributed by atoms with van der Waals surface area (Å²) in [6.45, 7) is 8.66. The number of anilines is 2. The summed E-state index contributed by atoms with van der Waals surface area (Å²) >= 11 is 0. The third-order valence-corrected chi connectivity index (χ3v) is 4.77. The summed E-state index contributed by atoms with van der Waals surface area (Å²) < 4.78 is 5.47. The lowest BCUT2D eigenvalue weighted by molar-refractivity contribution is 0.250. The first kappa shape index (κ1) is 18.1. The Morgan fingerprint density at radius 1 is 1.12 bits per heavy atom. The predicted molar refractivity (Wildman–Crippen MR) is 111 cm³/mol. The van der Waals surface area contributed by atoms with Gasteiger partial charge in [0.25, 0.3) is 0 Å². The fourth-order valence-electron chi connectivity index (χ4n) is 3.31. The van der Waals surface area contributed by atoms with Crippen LogP contribution in [0.5, 0.6) is 5.75 Å². The SMILES string of the molecule is C=C/C=C\c1cc(OC)cc(N2CCN(Cc3ccccc3)CC2)c1N. The van der Waals surface area contributed by atoms with Crippen LogP contribution < -0.4 is 15.4 Å². The van der Waals surface area contributed by atoms with Gasteiger partial charge in [-0.2, -0.15) is 0 Å². The fourth-order valence-corrected chi connectivity index (χ4v) is 3.31. The Labute approximate surface area is 156 Å². The molecule has 26 heavy (non-hydrogen) atoms. The Hall–Kier alpha value is -2.72. The van der Waals surface area contributed by atoms with Crippen LogP contribution in [0.25, 0.3) is 6.08 Å². The summed E-state index contributed by atoms with van der Waals surface area (Å²) in [5.41, 5.74) is 10.6. The van der Waals surface area contributed by atoms with Gasteiger partial charge in [-0.05, 0) is 11.6 Å². The molecule has 2 aromatic carbocycles. The normalized spacial score (nSPS) is 15.3. The van der Waals surface area contributed by atoms with Crippen molar-refractivity contribution in [3.8, 4) is 5.75 Å². The van der Waals surface area contributed by atoms with Crippen LogP contribution in [0, 0.1) is 0 Å². The Kier molecular flexibility index (Phi) is 5.97. The standard InChI is InChI=1S/C22H27N3O/c1-3-4-10-19-15-20(26-2)16-21(22(19)23)25-13-11-24(12-14-25)17-18-8-6-5-7-9-18/h3-10,15-16H,1,11-14,17,23H2,2H3/b10-4-. The van der Waals surface area contributed by atoms with E-state index in [1.54, 1.807) is 13.2 Å². The van der Waals surface area contributed by atoms with Crippen LogP contribution >= 0.6 is 0 Å². The third kappa shape index (κ3) is 4.27. The molecule has 0 unspecified atom stereocenters. The number of nitrogens with two attached hydrogens (primary N) is 1. The summed E-state index contributed by atoms with van der Waals surface area (Å²) in [6.07, 6.45) is 5.62. The lowest BCUT2D eigenvalue weighted by atomic mass is 10.1. The van der Waals surface area contributed by atoms with Gasteiger partial charge >= 0.3 is 0 Å². The van der Waals surface area contributed by atoms with Crippen LogP contribution in [0.3, 0.4) is 0 Å². The average Bonchev–Trinajstić information content (AvgIpc) is 2.69. The van der Waals surface area contributed by atoms with E-state index < -0.39 is 0 Å². The molecule has 1 aliphatic heterocycles. The summed E-state index contributed by atoms with van der Waals surface area (Å²) in [6, 6.07) is 14.6. The fraction of sp³-hybridized carbons (Fsp3) is 0.273. The van der Waals surface area contributed by atoms with Crippen molar-refractivity contribution in [2.45, 2.75) is 6.54 Å². The van der Waals surface area contributed by atoms with Crippen molar-refractivity contribution in [1.82, 2.24) is 4.90 Å². The number of hydrogen-bond donors (Lipinski definition) is 1. The molecule has 0 aliphatic carbocycles. The van der Waals surface area contributed by atoms with E-state index in [4.69, 9.17) is 10.5 Å². The van der Waals surface area contributed by atoms with Gasteiger partial charge in [0.1, 0.15) is 5.75 Å². The molecule has 2 aromatic rings. The molecule has 0 saturated carbocycles. The number of nitrogens with zero attached hydrogens (tertiary/aromatic N) is 2. The summed E-state index contributed by atoms with van der Waals surface area (Å²) in [5, 5.41) is 0. The van der Waals surface area contributed by atoms with Gasteiger partial charge in [-0.25, -0.2) is 0 Å². The van der Waals surface area contributed by atoms with E-state index in [1.165, 1.54) is 5.56 Å². The minimum Gasteiger partial charge on any atom is -0.497 e. The van der Waals surface area contributed by atoms with Crippen molar-refractivity contribution < 1.29 is 4.74 Å². The molecule has 4 heteroatoms. The van der Waals surface area contributed by atoms with Crippen molar-refractivity contribution in [2.24, 2.45) is 0 Å². The van der Waals surface area contributed by atoms with Crippen molar-refractivity contribution in [3.63, 3.8) is 0 Å². The highest BCUT2D eigenvalue weighted by Crippen LogP contribution is 2.33. The van der Waals surface area contributed by atoms with Crippen molar-refractivity contribution in [1.29, 1.82) is 0 Å². The quantitative estimate of drug-likeness (QED) is 0.636. The molecule has 1 heterocycles. The minimum atomic E-state index is 0.792. The van der Waals surface area contributed by atoms with Crippen LogP contribution in [-0.2, 0) is 6.54 Å². The lowest BCUT2D eigenvalue weighted by Gasteiger charge is -2.37. The van der Waals surface area contributed by atoms with Crippen LogP contribution in [0.2, 0.25) is 0 Å². The molecule has 4 nitrogen and oxygen atoms in total. The molecule has 136 valence electrons. The molecule has 0 radical (unpaired) electrons. The van der Waals surface area contributed by atoms with E-state index in [0.717, 1.165) is 55.4 Å². The maximum Gasteiger partial charge on any atom is 0.121 e. The van der Waals surface area contributed by atoms with E-state index >= 15 is 0 Å². The molecule has 0 spiro atoms. The second-order valence-electron chi connectivity index (χ2n) is 6.49. The van der Waals surface area contributed by atoms with Crippen LogP contribution in [0.1, 0.15) is 11.1 Å². The molecular formula is C22H27N3O. The molecule has 2 N–H and O–H groups in total. The Morgan fingerprint density at radius 3 is 2.50 bits per heavy atom. The van der Waals surface area contributed by atoms with E-state index in [-0.39, 0.29) is 0 Å². The number of hydrogen-bond acceptors (Lipinski definition) is 4. The number of piperazine rings is 1. The van der Waals surface area contributed by atoms with Gasteiger partial charge in [-0.3, -0.25) is 4.90 Å². The van der Waals surface area contributed by atoms with Gasteiger partial charge in [0.05, 0.1) is 18.5 Å². The second kappa shape index (κ2) is 8.59. The molecule has 1 fully saturated rings. The van der Waals surface area contributed by atoms with Crippen LogP contribution in [0.15, 0.2) is 61.2 Å². The topological polar surface area (TPSA) is 41.7 Å². The molecule has 0 amide bonds. The Morgan fingerprint density at radius 2 is 1.85 bits per heavy atom. The summed E-state index contributed by atoms with van der Waals surface area (Å²) in [7, 11) is 1.69. The summed E-state index contributed by atoms with van der Waals surface area (Å²) in [5.74, 6) is 0.824. The van der Waals surface area contributed by atoms with Crippen molar-refractivity contribution in [2.75, 3.05) is 43.9 Å². The largest absolute Gasteiger partial charge is 0.497 e. The van der Waals surface area contributed by atoms with Gasteiger partial charge in [0, 0.05) is 44.4 Å². The maximum absolute atomic E-state index is 6.44. The van der Waals surface area contributed by atoms with Crippen LogP contribution in [0.4, 0.5) is 11.4 Å². The molecule has 3 rings (SSSR count). The highest BCUT2D eigenvalue weighted by Gasteiger charge is 2.20. The molecular weight excluding hydrogens is 322 g/mol. The van der Waals surface area contributed by atoms with Gasteiger partial charge in [-0.15, -0.1) is 0 Å². The monoisotopic (exact) mass is 349 g/mol. The van der Waals surface area contributed by atoms with Gasteiger partial charge in [0.15, 0.2) is 0 Å². The zero-order valence-electron chi connectivity index (χ0n) is 15.4. The number of nitrogen functional groups attached to an aromatic ring is 1. The highest BCUT2D eigenvalue weighted by molar-refractivity contribution is 5.80. The van der Waals surface area contributed by atoms with E-state index in [0.29, 0.717) is 0 Å². The van der Waals surface area contributed by atoms with Gasteiger partial charge in [0.2, 0.25) is 0 Å². The van der Waals surface area contributed by atoms with Gasteiger partial charge < -0.3 is 15.4 Å². The molecule has 0 atom stereocenters. The number of allylic oxidation sites excluding steroid dienone is 2. The van der Waals surface area contributed by atoms with E-state index in [2.05, 4.69) is 46.7 Å². The summed E-state index contributed by atoms with van der Waals surface area (Å²) in [4.78, 5) is 4.84. The minimum absolute atomic E-state index is 0.792. The Bertz CT molecular complexity index is 762. The van der Waals surface area contributed by atoms with E-state index in [9.17, 15) is 0 Å². The predicted octanol–water partition coefficient (Wildman–Crippen LogP) is 3.80. The first-order valence-corrected chi connectivity index (χ1v) is 8.99. The molecule has 1 aliphatic rings. The van der Waals surface area contributed by atoms with Crippen molar-refractivity contribution >= 4 is 17.5 Å². The lowest BCUT2D eigenvalue weighted by Crippen LogP contribution is -2.46. The van der Waals surface area contributed by atoms with Crippen LogP contribution in [-0.4, -0.2) is 38.2 Å². The second-order valence-corrected chi connectivity index (χ2v) is 6.49. The molecule has 0 aromatic heterocycles. The number of benzene rings is 2. The molecule has 0 bridgehead atoms. The third-order valence-electron chi connectivity index (χ3n) is 4.77. The number of methoxy groups -OCH3 is 1. The zero-order valence-corrected chi connectivity index (χ0v) is 15.4. The molecule has 1 saturated heterocycles. The van der Waals surface area contributed by atoms with Crippen molar-refractivity contribution in [3.05, 3.63) is 72.3 Å². The van der Waals surface area contributed by atoms with E-state index in [1.807, 2.05) is 24.3 Å². The average molecular weight is 349 g/mol. The number of ether oxygens (including phenoxy) is 1.